The molecule has 2 aromatic rings. The first kappa shape index (κ1) is 21.8. The predicted molar refractivity (Wildman–Crippen MR) is 76.1 cm³/mol. The van der Waals surface area contributed by atoms with Crippen LogP contribution in [-0.2, 0) is 32.2 Å². The summed E-state index contributed by atoms with van der Waals surface area (Å²) >= 11 is 0. The van der Waals surface area contributed by atoms with E-state index in [1.54, 1.807) is 5.56 Å². The first-order valence-electron chi connectivity index (χ1n) is 6.02. The fourth-order valence-electron chi connectivity index (χ4n) is 2.38. The van der Waals surface area contributed by atoms with Gasteiger partial charge in [0.2, 0.25) is 0 Å². The largest absolute Gasteiger partial charge is 3.00 e. The molecule has 103 valence electrons. The molecular formula is C15H21Cl2SiZr. The first-order valence-corrected chi connectivity index (χ1v) is 9.73. The summed E-state index contributed by atoms with van der Waals surface area (Å²) in [6, 6.07) is 10.6. The number of benzene rings is 1. The molecule has 0 atom stereocenters. The fraction of sp³-hybridized carbons (Fsp3) is 0.400. The van der Waals surface area contributed by atoms with Crippen molar-refractivity contribution in [2.45, 2.75) is 39.5 Å². The molecule has 0 saturated carbocycles. The van der Waals surface area contributed by atoms with E-state index in [2.05, 4.69) is 57.8 Å². The molecule has 2 aromatic carbocycles. The molecule has 0 heterocycles. The van der Waals surface area contributed by atoms with E-state index in [4.69, 9.17) is 0 Å². The van der Waals surface area contributed by atoms with Gasteiger partial charge in [-0.2, -0.15) is 6.07 Å². The average molecular weight is 392 g/mol. The topological polar surface area (TPSA) is 0 Å². The van der Waals surface area contributed by atoms with Crippen molar-refractivity contribution in [3.05, 3.63) is 41.0 Å². The number of fused-ring (bicyclic) bond motifs is 1. The maximum Gasteiger partial charge on any atom is 3.00 e. The summed E-state index contributed by atoms with van der Waals surface area (Å²) in [5.41, 5.74) is 4.34. The van der Waals surface area contributed by atoms with Gasteiger partial charge in [0.1, 0.15) is 0 Å². The quantitative estimate of drug-likeness (QED) is 0.437. The molecule has 0 unspecified atom stereocenters. The van der Waals surface area contributed by atoms with Crippen molar-refractivity contribution in [2.24, 2.45) is 0 Å². The molecule has 0 aliphatic heterocycles. The van der Waals surface area contributed by atoms with Gasteiger partial charge in [-0.25, -0.2) is 0 Å². The van der Waals surface area contributed by atoms with Crippen LogP contribution in [0.1, 0.15) is 16.7 Å². The second-order valence-electron chi connectivity index (χ2n) is 6.14. The number of rotatable bonds is 2. The molecule has 19 heavy (non-hydrogen) atoms. The van der Waals surface area contributed by atoms with Crippen LogP contribution in [0.15, 0.2) is 24.3 Å². The molecule has 0 saturated heterocycles. The van der Waals surface area contributed by atoms with Crippen LogP contribution in [0.5, 0.6) is 0 Å². The Balaban J connectivity index is 0. The SMILES string of the molecule is Cc1cc2c(C[Si](C)(C)C)ccc(C)c2[cH-]1.[Cl-].[Cl-].[Zr+3]. The van der Waals surface area contributed by atoms with E-state index in [9.17, 15) is 0 Å². The van der Waals surface area contributed by atoms with Gasteiger partial charge in [0, 0.05) is 8.07 Å². The van der Waals surface area contributed by atoms with Crippen LogP contribution in [0.25, 0.3) is 10.8 Å². The smallest absolute Gasteiger partial charge is 1.00 e. The van der Waals surface area contributed by atoms with Crippen molar-refractivity contribution in [1.82, 2.24) is 0 Å². The molecular weight excluding hydrogens is 370 g/mol. The molecule has 4 heteroatoms. The molecule has 0 aliphatic carbocycles. The fourth-order valence-corrected chi connectivity index (χ4v) is 3.83. The van der Waals surface area contributed by atoms with E-state index < -0.39 is 8.07 Å². The zero-order valence-electron chi connectivity index (χ0n) is 12.3. The van der Waals surface area contributed by atoms with Gasteiger partial charge in [0.05, 0.1) is 0 Å². The number of halogens is 2. The maximum atomic E-state index is 2.44. The Hall–Kier alpha value is 0.510. The predicted octanol–water partition coefficient (Wildman–Crippen LogP) is -1.40. The van der Waals surface area contributed by atoms with Crippen LogP contribution in [0, 0.1) is 13.8 Å². The molecule has 1 radical (unpaired) electrons. The second kappa shape index (κ2) is 8.08. The summed E-state index contributed by atoms with van der Waals surface area (Å²) in [5.74, 6) is 0. The van der Waals surface area contributed by atoms with Gasteiger partial charge in [0.15, 0.2) is 0 Å². The first-order chi connectivity index (χ1) is 7.37. The molecule has 0 aliphatic rings. The molecule has 0 amide bonds. The third kappa shape index (κ3) is 5.42. The Kier molecular flexibility index (Phi) is 9.27. The molecule has 0 aromatic heterocycles. The number of hydrogen-bond acceptors (Lipinski definition) is 0. The van der Waals surface area contributed by atoms with Gasteiger partial charge in [-0.15, -0.1) is 34.0 Å². The molecule has 0 fully saturated rings. The average Bonchev–Trinajstić information content (AvgIpc) is 2.51. The van der Waals surface area contributed by atoms with Gasteiger partial charge in [-0.05, 0) is 6.04 Å². The Morgan fingerprint density at radius 1 is 1.05 bits per heavy atom. The van der Waals surface area contributed by atoms with Crippen LogP contribution in [0.4, 0.5) is 0 Å². The van der Waals surface area contributed by atoms with Crippen LogP contribution >= 0.6 is 0 Å². The van der Waals surface area contributed by atoms with Crippen molar-refractivity contribution < 1.29 is 51.0 Å². The van der Waals surface area contributed by atoms with Gasteiger partial charge in [-0.1, -0.05) is 45.1 Å². The van der Waals surface area contributed by atoms with Crippen molar-refractivity contribution in [2.75, 3.05) is 0 Å². The minimum atomic E-state index is -1.02. The minimum Gasteiger partial charge on any atom is -1.00 e. The maximum absolute atomic E-state index is 2.44. The molecule has 0 N–H and O–H groups in total. The summed E-state index contributed by atoms with van der Waals surface area (Å²) < 4.78 is 0. The van der Waals surface area contributed by atoms with Crippen LogP contribution < -0.4 is 24.8 Å². The van der Waals surface area contributed by atoms with Crippen LogP contribution in [-0.4, -0.2) is 8.07 Å². The van der Waals surface area contributed by atoms with Crippen molar-refractivity contribution >= 4 is 18.8 Å². The Morgan fingerprint density at radius 3 is 2.16 bits per heavy atom. The summed E-state index contributed by atoms with van der Waals surface area (Å²) in [6.45, 7) is 11.7. The van der Waals surface area contributed by atoms with Gasteiger partial charge >= 0.3 is 26.2 Å². The number of aryl methyl sites for hydroxylation is 2. The van der Waals surface area contributed by atoms with Crippen molar-refractivity contribution in [1.29, 1.82) is 0 Å². The summed E-state index contributed by atoms with van der Waals surface area (Å²) in [5, 5.41) is 2.94. The van der Waals surface area contributed by atoms with E-state index in [-0.39, 0.29) is 51.0 Å². The van der Waals surface area contributed by atoms with E-state index in [0.717, 1.165) is 0 Å². The Labute approximate surface area is 149 Å². The standard InChI is InChI=1S/C15H21Si.2ClH.Zr/c1-11-8-14-12(2)6-7-13(15(14)9-11)10-16(3,4)5;;;/h6-9H,10H2,1-5H3;2*1H;/q-1;;;+3/p-2. The van der Waals surface area contributed by atoms with Crippen molar-refractivity contribution in [3.8, 4) is 0 Å². The molecule has 0 bridgehead atoms. The Morgan fingerprint density at radius 2 is 1.63 bits per heavy atom. The zero-order valence-corrected chi connectivity index (χ0v) is 17.2. The van der Waals surface area contributed by atoms with Crippen LogP contribution in [0.3, 0.4) is 0 Å². The summed E-state index contributed by atoms with van der Waals surface area (Å²) in [6.07, 6.45) is 0. The van der Waals surface area contributed by atoms with Gasteiger partial charge < -0.3 is 24.8 Å². The van der Waals surface area contributed by atoms with Crippen molar-refractivity contribution in [3.63, 3.8) is 0 Å². The zero-order chi connectivity index (χ0) is 11.9. The van der Waals surface area contributed by atoms with Crippen LogP contribution in [0.2, 0.25) is 19.6 Å². The van der Waals surface area contributed by atoms with Gasteiger partial charge in [-0.3, -0.25) is 0 Å². The molecule has 0 nitrogen and oxygen atoms in total. The third-order valence-corrected chi connectivity index (χ3v) is 4.50. The van der Waals surface area contributed by atoms with Gasteiger partial charge in [0.25, 0.3) is 0 Å². The monoisotopic (exact) mass is 389 g/mol. The second-order valence-corrected chi connectivity index (χ2v) is 11.6. The third-order valence-electron chi connectivity index (χ3n) is 3.06. The summed E-state index contributed by atoms with van der Waals surface area (Å²) in [7, 11) is -1.02. The molecule has 0 spiro atoms. The number of hydrogen-bond donors (Lipinski definition) is 0. The molecule has 2 rings (SSSR count). The van der Waals surface area contributed by atoms with E-state index in [0.29, 0.717) is 0 Å². The van der Waals surface area contributed by atoms with E-state index >= 15 is 0 Å². The summed E-state index contributed by atoms with van der Waals surface area (Å²) in [4.78, 5) is 0. The Bertz CT molecular complexity index is 527. The van der Waals surface area contributed by atoms with E-state index in [1.165, 1.54) is 27.9 Å². The minimum absolute atomic E-state index is 0. The van der Waals surface area contributed by atoms with E-state index in [1.807, 2.05) is 0 Å². The normalized spacial score (nSPS) is 10.4.